The first-order valence-electron chi connectivity index (χ1n) is 19.2. The van der Waals surface area contributed by atoms with Crippen molar-refractivity contribution in [3.05, 3.63) is 35.0 Å². The molecule has 0 radical (unpaired) electrons. The lowest BCUT2D eigenvalue weighted by molar-refractivity contribution is -0.145. The van der Waals surface area contributed by atoms with E-state index in [1.165, 1.54) is 17.4 Å². The van der Waals surface area contributed by atoms with Crippen LogP contribution in [0, 0.1) is 22.7 Å². The summed E-state index contributed by atoms with van der Waals surface area (Å²) < 4.78 is 0. The van der Waals surface area contributed by atoms with Crippen LogP contribution < -0.4 is 21.3 Å². The Morgan fingerprint density at radius 2 is 1.73 bits per heavy atom. The Balaban J connectivity index is 1.93. The third-order valence-corrected chi connectivity index (χ3v) is 11.5. The number of thiophene rings is 1. The number of nitrogens with zero attached hydrogens (tertiary/aromatic N) is 1. The third-order valence-electron chi connectivity index (χ3n) is 10.6. The molecule has 5 atom stereocenters. The zero-order chi connectivity index (χ0) is 38.6. The summed E-state index contributed by atoms with van der Waals surface area (Å²) in [5, 5.41) is 13.3. The lowest BCUT2D eigenvalue weighted by atomic mass is 9.70. The van der Waals surface area contributed by atoms with E-state index in [1.807, 2.05) is 40.0 Å². The Morgan fingerprint density at radius 3 is 2.31 bits per heavy atom. The van der Waals surface area contributed by atoms with Gasteiger partial charge < -0.3 is 26.2 Å². The van der Waals surface area contributed by atoms with E-state index in [0.717, 1.165) is 51.4 Å². The van der Waals surface area contributed by atoms with E-state index in [-0.39, 0.29) is 30.7 Å². The van der Waals surface area contributed by atoms with Crippen molar-refractivity contribution in [2.75, 3.05) is 13.1 Å². The molecule has 3 rings (SSSR count). The number of carbonyl (C=O) groups excluding carboxylic acids is 6. The Hall–Kier alpha value is -3.54. The second kappa shape index (κ2) is 19.5. The van der Waals surface area contributed by atoms with Gasteiger partial charge in [0, 0.05) is 13.1 Å². The van der Waals surface area contributed by atoms with Gasteiger partial charge in [0.1, 0.15) is 18.1 Å². The molecule has 2 fully saturated rings. The summed E-state index contributed by atoms with van der Waals surface area (Å²) in [4.78, 5) is 84.4. The highest BCUT2D eigenvalue weighted by Gasteiger charge is 2.48. The van der Waals surface area contributed by atoms with Crippen molar-refractivity contribution in [1.82, 2.24) is 26.2 Å². The van der Waals surface area contributed by atoms with Gasteiger partial charge in [-0.1, -0.05) is 99.1 Å². The van der Waals surface area contributed by atoms with Crippen LogP contribution in [0.5, 0.6) is 0 Å². The predicted molar refractivity (Wildman–Crippen MR) is 206 cm³/mol. The molecule has 290 valence electrons. The molecule has 12 heteroatoms. The molecule has 1 saturated heterocycles. The van der Waals surface area contributed by atoms with Crippen LogP contribution in [0.3, 0.4) is 0 Å². The van der Waals surface area contributed by atoms with Gasteiger partial charge in [0.25, 0.3) is 11.8 Å². The van der Waals surface area contributed by atoms with Gasteiger partial charge in [0.2, 0.25) is 23.5 Å². The topological polar surface area (TPSA) is 154 Å². The van der Waals surface area contributed by atoms with Crippen molar-refractivity contribution in [3.8, 4) is 0 Å². The van der Waals surface area contributed by atoms with Gasteiger partial charge in [-0.3, -0.25) is 28.8 Å². The Labute approximate surface area is 314 Å². The largest absolute Gasteiger partial charge is 0.346 e. The molecular formula is C40H63N5O6S. The number of ketones is 1. The Morgan fingerprint density at radius 1 is 1.04 bits per heavy atom. The minimum atomic E-state index is -1.04. The second-order valence-electron chi connectivity index (χ2n) is 16.6. The molecule has 52 heavy (non-hydrogen) atoms. The minimum absolute atomic E-state index is 0.0399. The number of amides is 5. The summed E-state index contributed by atoms with van der Waals surface area (Å²) in [6.45, 7) is 17.9. The van der Waals surface area contributed by atoms with Crippen molar-refractivity contribution in [2.45, 2.75) is 143 Å². The fourth-order valence-electron chi connectivity index (χ4n) is 7.40. The molecule has 0 bridgehead atoms. The van der Waals surface area contributed by atoms with Crippen molar-refractivity contribution >= 4 is 46.7 Å². The molecule has 1 aliphatic carbocycles. The molecule has 1 aromatic rings. The van der Waals surface area contributed by atoms with Crippen LogP contribution >= 0.6 is 11.3 Å². The normalized spacial score (nSPS) is 20.3. The molecule has 1 aromatic heterocycles. The molecular weight excluding hydrogens is 679 g/mol. The predicted octanol–water partition coefficient (Wildman–Crippen LogP) is 5.55. The SMILES string of the molecule is C=CCNC(=O)C(=O)C(CCCC)NC(=O)[C@@H]1C[C@@H](CCC(C)C)CN1C(=O)[C@@H](NC(=O)[C@@H](NC(=O)c1cccs1)C1(C)CCCCC1)C(C)(C)C. The molecule has 2 heterocycles. The Bertz CT molecular complexity index is 1400. The van der Waals surface area contributed by atoms with Crippen molar-refractivity contribution in [3.63, 3.8) is 0 Å². The highest BCUT2D eigenvalue weighted by atomic mass is 32.1. The van der Waals surface area contributed by atoms with E-state index in [4.69, 9.17) is 0 Å². The number of hydrogen-bond acceptors (Lipinski definition) is 7. The van der Waals surface area contributed by atoms with Crippen LogP contribution in [0.2, 0.25) is 0 Å². The highest BCUT2D eigenvalue weighted by Crippen LogP contribution is 2.40. The summed E-state index contributed by atoms with van der Waals surface area (Å²) >= 11 is 1.30. The number of unbranched alkanes of at least 4 members (excludes halogenated alkanes) is 1. The number of Topliss-reactive ketones (excluding diaryl/α,β-unsaturated/α-hetero) is 1. The molecule has 1 saturated carbocycles. The molecule has 4 N–H and O–H groups in total. The lowest BCUT2D eigenvalue weighted by Gasteiger charge is -2.42. The smallest absolute Gasteiger partial charge is 0.289 e. The van der Waals surface area contributed by atoms with Gasteiger partial charge in [-0.25, -0.2) is 0 Å². The quantitative estimate of drug-likeness (QED) is 0.114. The average Bonchev–Trinajstić information content (AvgIpc) is 3.79. The zero-order valence-corrected chi connectivity index (χ0v) is 33.3. The standard InChI is InChI=1S/C40H63N5O6S/c1-9-11-16-28(31(46)36(49)41-22-10-2)42-34(47)29-24-27(19-18-26(3)4)25-45(29)38(51)33(39(5,6)7)44-37(50)32(40(8)20-13-12-14-21-40)43-35(48)30-17-15-23-52-30/h10,15,17,23,26-29,32-33H,2,9,11-14,16,18-22,24-25H2,1,3-8H3,(H,41,49)(H,42,47)(H,43,48)(H,44,50)/t27-,28?,29+,32-,33-/m1/s1. The van der Waals surface area contributed by atoms with E-state index in [2.05, 4.69) is 41.7 Å². The van der Waals surface area contributed by atoms with Crippen molar-refractivity contribution in [2.24, 2.45) is 22.7 Å². The summed E-state index contributed by atoms with van der Waals surface area (Å²) in [5.41, 5.74) is -1.25. The molecule has 0 aromatic carbocycles. The fourth-order valence-corrected chi connectivity index (χ4v) is 8.03. The first kappa shape index (κ1) is 42.9. The van der Waals surface area contributed by atoms with E-state index in [0.29, 0.717) is 30.2 Å². The molecule has 1 aliphatic heterocycles. The summed E-state index contributed by atoms with van der Waals surface area (Å²) in [6.07, 6.45) is 9.77. The fraction of sp³-hybridized carbons (Fsp3) is 0.700. The molecule has 1 unspecified atom stereocenters. The van der Waals surface area contributed by atoms with Crippen LogP contribution in [0.1, 0.15) is 129 Å². The van der Waals surface area contributed by atoms with Crippen molar-refractivity contribution < 1.29 is 28.8 Å². The Kier molecular flexibility index (Phi) is 16.1. The van der Waals surface area contributed by atoms with Crippen molar-refractivity contribution in [1.29, 1.82) is 0 Å². The van der Waals surface area contributed by atoms with Crippen LogP contribution in [0.4, 0.5) is 0 Å². The van der Waals surface area contributed by atoms with Crippen LogP contribution in [-0.4, -0.2) is 77.5 Å². The number of likely N-dealkylation sites (tertiary alicyclic amines) is 1. The second-order valence-corrected chi connectivity index (χ2v) is 17.5. The molecule has 5 amide bonds. The first-order chi connectivity index (χ1) is 24.5. The first-order valence-corrected chi connectivity index (χ1v) is 20.1. The van der Waals surface area contributed by atoms with Gasteiger partial charge in [-0.2, -0.15) is 0 Å². The third kappa shape index (κ3) is 11.7. The van der Waals surface area contributed by atoms with E-state index < -0.39 is 58.5 Å². The van der Waals surface area contributed by atoms with Gasteiger partial charge in [-0.05, 0) is 66.2 Å². The maximum atomic E-state index is 14.7. The monoisotopic (exact) mass is 741 g/mol. The summed E-state index contributed by atoms with van der Waals surface area (Å²) in [5.74, 6) is -2.66. The maximum absolute atomic E-state index is 14.7. The van der Waals surface area contributed by atoms with Crippen LogP contribution in [0.25, 0.3) is 0 Å². The maximum Gasteiger partial charge on any atom is 0.289 e. The van der Waals surface area contributed by atoms with Gasteiger partial charge in [0.05, 0.1) is 10.9 Å². The molecule has 0 spiro atoms. The minimum Gasteiger partial charge on any atom is -0.346 e. The van der Waals surface area contributed by atoms with E-state index in [1.54, 1.807) is 17.0 Å². The van der Waals surface area contributed by atoms with Gasteiger partial charge in [0.15, 0.2) is 0 Å². The summed E-state index contributed by atoms with van der Waals surface area (Å²) in [7, 11) is 0. The molecule has 2 aliphatic rings. The number of rotatable bonds is 18. The van der Waals surface area contributed by atoms with E-state index >= 15 is 0 Å². The number of hydrogen-bond donors (Lipinski definition) is 4. The van der Waals surface area contributed by atoms with Gasteiger partial charge >= 0.3 is 0 Å². The lowest BCUT2D eigenvalue weighted by Crippen LogP contribution is -2.63. The zero-order valence-electron chi connectivity index (χ0n) is 32.5. The van der Waals surface area contributed by atoms with E-state index in [9.17, 15) is 28.8 Å². The number of carbonyl (C=O) groups is 6. The van der Waals surface area contributed by atoms with Crippen LogP contribution in [0.15, 0.2) is 30.2 Å². The van der Waals surface area contributed by atoms with Crippen LogP contribution in [-0.2, 0) is 24.0 Å². The number of nitrogens with one attached hydrogen (secondary N) is 4. The highest BCUT2D eigenvalue weighted by molar-refractivity contribution is 7.12. The van der Waals surface area contributed by atoms with Gasteiger partial charge in [-0.15, -0.1) is 17.9 Å². The molecule has 11 nitrogen and oxygen atoms in total. The average molecular weight is 742 g/mol. The summed E-state index contributed by atoms with van der Waals surface area (Å²) in [6, 6.07) is -0.274.